The van der Waals surface area contributed by atoms with E-state index in [9.17, 15) is 14.4 Å². The number of carbonyl (C=O) groups is 3. The van der Waals surface area contributed by atoms with Gasteiger partial charge in [-0.1, -0.05) is 32.4 Å². The molecule has 0 aromatic rings. The van der Waals surface area contributed by atoms with Gasteiger partial charge in [0.25, 0.3) is 0 Å². The van der Waals surface area contributed by atoms with Crippen molar-refractivity contribution in [2.45, 2.75) is 78.9 Å². The third kappa shape index (κ3) is 6.05. The average Bonchev–Trinajstić information content (AvgIpc) is 2.85. The molecule has 0 aromatic heterocycles. The van der Waals surface area contributed by atoms with E-state index in [1.807, 2.05) is 20.8 Å². The Hall–Kier alpha value is -1.91. The number of carbonyl (C=O) groups excluding carboxylic acids is 3. The van der Waals surface area contributed by atoms with E-state index in [1.165, 1.54) is 6.92 Å². The van der Waals surface area contributed by atoms with Crippen LogP contribution in [0.2, 0.25) is 0 Å². The molecule has 0 unspecified atom stereocenters. The smallest absolute Gasteiger partial charge is 0.334 e. The molecule has 0 aromatic carbocycles. The lowest BCUT2D eigenvalue weighted by molar-refractivity contribution is -0.156. The fraction of sp³-hybridized carbons (Fsp3) is 0.682. The molecule has 0 N–H and O–H groups in total. The lowest BCUT2D eigenvalue weighted by Crippen LogP contribution is -2.38. The minimum absolute atomic E-state index is 0.0711. The van der Waals surface area contributed by atoms with E-state index in [0.717, 1.165) is 18.4 Å². The van der Waals surface area contributed by atoms with Crippen LogP contribution >= 0.6 is 0 Å². The monoisotopic (exact) mass is 376 g/mol. The van der Waals surface area contributed by atoms with Crippen LogP contribution in [0, 0.1) is 17.8 Å². The van der Waals surface area contributed by atoms with Crippen LogP contribution in [0.15, 0.2) is 23.3 Å². The van der Waals surface area contributed by atoms with Crippen molar-refractivity contribution in [3.8, 4) is 0 Å². The van der Waals surface area contributed by atoms with Crippen LogP contribution in [-0.4, -0.2) is 29.9 Å². The van der Waals surface area contributed by atoms with E-state index in [0.29, 0.717) is 18.4 Å². The topological polar surface area (TPSA) is 69.7 Å². The summed E-state index contributed by atoms with van der Waals surface area (Å²) < 4.78 is 11.3. The van der Waals surface area contributed by atoms with Gasteiger partial charge >= 0.3 is 11.9 Å². The Morgan fingerprint density at radius 2 is 1.96 bits per heavy atom. The minimum atomic E-state index is -0.474. The maximum Gasteiger partial charge on any atom is 0.334 e. The van der Waals surface area contributed by atoms with Crippen molar-refractivity contribution < 1.29 is 23.9 Å². The first kappa shape index (κ1) is 21.4. The van der Waals surface area contributed by atoms with Gasteiger partial charge in [0.2, 0.25) is 0 Å². The van der Waals surface area contributed by atoms with Gasteiger partial charge in [-0.25, -0.2) is 4.79 Å². The van der Waals surface area contributed by atoms with Gasteiger partial charge in [-0.3, -0.25) is 9.59 Å². The summed E-state index contributed by atoms with van der Waals surface area (Å²) in [5, 5.41) is 0. The van der Waals surface area contributed by atoms with Gasteiger partial charge in [-0.05, 0) is 37.7 Å². The van der Waals surface area contributed by atoms with Crippen molar-refractivity contribution in [1.82, 2.24) is 0 Å². The van der Waals surface area contributed by atoms with Crippen molar-refractivity contribution in [2.24, 2.45) is 17.8 Å². The molecule has 0 saturated heterocycles. The molecule has 2 aliphatic rings. The highest BCUT2D eigenvalue weighted by Crippen LogP contribution is 2.34. The number of rotatable bonds is 2. The highest BCUT2D eigenvalue weighted by Gasteiger charge is 2.40. The predicted molar refractivity (Wildman–Crippen MR) is 103 cm³/mol. The molecule has 1 heterocycles. The zero-order valence-corrected chi connectivity index (χ0v) is 17.1. The fourth-order valence-corrected chi connectivity index (χ4v) is 4.10. The molecule has 27 heavy (non-hydrogen) atoms. The molecule has 0 radical (unpaired) electrons. The molecule has 0 fully saturated rings. The molecule has 4 atom stereocenters. The average molecular weight is 376 g/mol. The Bertz CT molecular complexity index is 643. The van der Waals surface area contributed by atoms with E-state index >= 15 is 0 Å². The maximum atomic E-state index is 12.4. The fourth-order valence-electron chi connectivity index (χ4n) is 4.10. The van der Waals surface area contributed by atoms with Gasteiger partial charge in [-0.15, -0.1) is 0 Å². The van der Waals surface area contributed by atoms with Crippen LogP contribution in [0.25, 0.3) is 0 Å². The molecule has 2 rings (SSSR count). The minimum Gasteiger partial charge on any atom is -0.462 e. The number of ketones is 1. The lowest BCUT2D eigenvalue weighted by Gasteiger charge is -2.33. The molecular formula is C22H32O5. The van der Waals surface area contributed by atoms with E-state index < -0.39 is 12.1 Å². The summed E-state index contributed by atoms with van der Waals surface area (Å²) in [6.45, 7) is 9.58. The second-order valence-electron chi connectivity index (χ2n) is 8.39. The van der Waals surface area contributed by atoms with Crippen LogP contribution in [0.5, 0.6) is 0 Å². The Labute approximate surface area is 162 Å². The third-order valence-corrected chi connectivity index (χ3v) is 5.41. The Morgan fingerprint density at radius 3 is 2.59 bits per heavy atom. The number of Topliss-reactive ketones (excluding diaryl/α,β-unsaturated/α-hetero) is 1. The van der Waals surface area contributed by atoms with Gasteiger partial charge in [0.05, 0.1) is 0 Å². The molecule has 1 aliphatic carbocycles. The van der Waals surface area contributed by atoms with E-state index in [1.54, 1.807) is 6.08 Å². The van der Waals surface area contributed by atoms with Crippen LogP contribution in [0.4, 0.5) is 0 Å². The quantitative estimate of drug-likeness (QED) is 0.535. The molecule has 2 bridgehead atoms. The lowest BCUT2D eigenvalue weighted by atomic mass is 9.82. The van der Waals surface area contributed by atoms with Gasteiger partial charge in [0, 0.05) is 37.7 Å². The molecule has 5 heteroatoms. The third-order valence-electron chi connectivity index (χ3n) is 5.41. The van der Waals surface area contributed by atoms with Crippen molar-refractivity contribution in [2.75, 3.05) is 0 Å². The number of hydrogen-bond donors (Lipinski definition) is 0. The molecule has 0 amide bonds. The van der Waals surface area contributed by atoms with Gasteiger partial charge in [0.15, 0.2) is 0 Å². The van der Waals surface area contributed by atoms with Crippen LogP contribution in [-0.2, 0) is 23.9 Å². The number of esters is 2. The standard InChI is InChI=1S/C22H32O5/c1-13(2)21-19(26-16(5)23)10-15(4)8-6-7-14(3)9-18(24)11-17-12-20(21)27-22(17)25/h8,12-14,19-21H,6-7,9-11H2,1-5H3/b15-8+/t14-,19-,20+,21+/m0/s1. The molecular weight excluding hydrogens is 344 g/mol. The van der Waals surface area contributed by atoms with E-state index in [-0.39, 0.29) is 42.0 Å². The second kappa shape index (κ2) is 9.34. The Kier molecular flexibility index (Phi) is 7.40. The summed E-state index contributed by atoms with van der Waals surface area (Å²) in [5.41, 5.74) is 1.59. The number of fused-ring (bicyclic) bond motifs is 1. The molecule has 1 aliphatic heterocycles. The first-order valence-electron chi connectivity index (χ1n) is 9.93. The number of hydrogen-bond acceptors (Lipinski definition) is 5. The summed E-state index contributed by atoms with van der Waals surface area (Å²) in [4.78, 5) is 36.4. The summed E-state index contributed by atoms with van der Waals surface area (Å²) >= 11 is 0. The first-order valence-corrected chi connectivity index (χ1v) is 9.93. The van der Waals surface area contributed by atoms with Gasteiger partial charge < -0.3 is 9.47 Å². The summed E-state index contributed by atoms with van der Waals surface area (Å²) in [6.07, 6.45) is 6.12. The second-order valence-corrected chi connectivity index (χ2v) is 8.39. The molecule has 0 spiro atoms. The van der Waals surface area contributed by atoms with Crippen molar-refractivity contribution in [1.29, 1.82) is 0 Å². The molecule has 150 valence electrons. The van der Waals surface area contributed by atoms with E-state index in [2.05, 4.69) is 13.0 Å². The SMILES string of the molecule is CC(=O)O[C@H]1C/C(C)=C/CC[C@H](C)CC(=O)CC2=C[C@@H](OC2=O)[C@@H]1C(C)C. The number of ether oxygens (including phenoxy) is 2. The highest BCUT2D eigenvalue weighted by atomic mass is 16.6. The summed E-state index contributed by atoms with van der Waals surface area (Å²) in [7, 11) is 0. The molecule has 0 saturated carbocycles. The summed E-state index contributed by atoms with van der Waals surface area (Å²) in [6, 6.07) is 0. The normalized spacial score (nSPS) is 32.2. The van der Waals surface area contributed by atoms with Crippen LogP contribution in [0.3, 0.4) is 0 Å². The van der Waals surface area contributed by atoms with E-state index in [4.69, 9.17) is 9.47 Å². The highest BCUT2D eigenvalue weighted by molar-refractivity contribution is 5.97. The first-order chi connectivity index (χ1) is 12.7. The predicted octanol–water partition coefficient (Wildman–Crippen LogP) is 4.16. The van der Waals surface area contributed by atoms with Gasteiger partial charge in [0.1, 0.15) is 18.0 Å². The van der Waals surface area contributed by atoms with Crippen molar-refractivity contribution in [3.05, 3.63) is 23.3 Å². The maximum absolute atomic E-state index is 12.4. The Morgan fingerprint density at radius 1 is 1.26 bits per heavy atom. The zero-order chi connectivity index (χ0) is 20.1. The Balaban J connectivity index is 2.38. The summed E-state index contributed by atoms with van der Waals surface area (Å²) in [5.74, 6) is -0.435. The van der Waals surface area contributed by atoms with Gasteiger partial charge in [-0.2, -0.15) is 0 Å². The van der Waals surface area contributed by atoms with Crippen molar-refractivity contribution >= 4 is 17.7 Å². The van der Waals surface area contributed by atoms with Crippen molar-refractivity contribution in [3.63, 3.8) is 0 Å². The largest absolute Gasteiger partial charge is 0.462 e. The zero-order valence-electron chi connectivity index (χ0n) is 17.1. The van der Waals surface area contributed by atoms with Crippen LogP contribution < -0.4 is 0 Å². The number of allylic oxidation sites excluding steroid dienone is 1. The molecule has 5 nitrogen and oxygen atoms in total. The van der Waals surface area contributed by atoms with Crippen LogP contribution in [0.1, 0.15) is 66.7 Å².